The van der Waals surface area contributed by atoms with E-state index in [0.29, 0.717) is 0 Å². The maximum atomic E-state index is 11.1. The number of rotatable bonds is 3. The number of benzene rings is 1. The van der Waals surface area contributed by atoms with Crippen LogP contribution in [0.4, 0.5) is 0 Å². The van der Waals surface area contributed by atoms with Crippen molar-refractivity contribution >= 4 is 18.5 Å². The minimum atomic E-state index is -0.550. The molecule has 76 valence electrons. The minimum absolute atomic E-state index is 0.335. The van der Waals surface area contributed by atoms with Gasteiger partial charge in [0.05, 0.1) is 7.11 Å². The van der Waals surface area contributed by atoms with Crippen LogP contribution in [0, 0.1) is 0 Å². The molecule has 5 heteroatoms. The molecular formula is C9H12N2O2S. The topological polar surface area (TPSA) is 64.3 Å². The molecule has 0 bridgehead atoms. The number of hydrazine groups is 1. The van der Waals surface area contributed by atoms with Gasteiger partial charge in [-0.25, -0.2) is 5.84 Å². The fourth-order valence-electron chi connectivity index (χ4n) is 1.02. The predicted molar refractivity (Wildman–Crippen MR) is 57.1 cm³/mol. The molecule has 14 heavy (non-hydrogen) atoms. The molecule has 0 saturated carbocycles. The first kappa shape index (κ1) is 10.9. The Morgan fingerprint density at radius 1 is 1.50 bits per heavy atom. The Morgan fingerprint density at radius 2 is 2.07 bits per heavy atom. The number of carbonyl (C=O) groups is 1. The van der Waals surface area contributed by atoms with Gasteiger partial charge in [-0.1, -0.05) is 12.1 Å². The zero-order valence-electron chi connectivity index (χ0n) is 7.73. The molecule has 0 radical (unpaired) electrons. The number of nitrogens with one attached hydrogen (secondary N) is 1. The summed E-state index contributed by atoms with van der Waals surface area (Å²) in [5, 5.41) is -0.550. The Hall–Kier alpha value is -1.20. The monoisotopic (exact) mass is 212 g/mol. The predicted octanol–water partition coefficient (Wildman–Crippen LogP) is 0.656. The van der Waals surface area contributed by atoms with E-state index < -0.39 is 5.25 Å². The molecule has 0 aliphatic carbocycles. The molecule has 1 aromatic rings. The van der Waals surface area contributed by atoms with Gasteiger partial charge in [0.15, 0.2) is 0 Å². The summed E-state index contributed by atoms with van der Waals surface area (Å²) in [6, 6.07) is 7.07. The van der Waals surface area contributed by atoms with E-state index in [-0.39, 0.29) is 5.91 Å². The number of hydrogen-bond donors (Lipinski definition) is 3. The average molecular weight is 212 g/mol. The molecule has 0 aliphatic heterocycles. The zero-order chi connectivity index (χ0) is 10.6. The van der Waals surface area contributed by atoms with E-state index in [4.69, 9.17) is 10.6 Å². The average Bonchev–Trinajstić information content (AvgIpc) is 2.27. The van der Waals surface area contributed by atoms with Crippen LogP contribution in [0.2, 0.25) is 0 Å². The summed E-state index contributed by atoms with van der Waals surface area (Å²) in [5.41, 5.74) is 2.82. The van der Waals surface area contributed by atoms with Crippen LogP contribution in [0.3, 0.4) is 0 Å². The molecular weight excluding hydrogens is 200 g/mol. The van der Waals surface area contributed by atoms with Crippen LogP contribution in [-0.2, 0) is 4.79 Å². The number of nitrogens with two attached hydrogens (primary N) is 1. The largest absolute Gasteiger partial charge is 0.497 e. The first-order valence-corrected chi connectivity index (χ1v) is 4.53. The molecule has 0 fully saturated rings. The van der Waals surface area contributed by atoms with Crippen molar-refractivity contribution in [2.45, 2.75) is 5.25 Å². The van der Waals surface area contributed by atoms with Gasteiger partial charge in [-0.3, -0.25) is 10.2 Å². The van der Waals surface area contributed by atoms with Crippen molar-refractivity contribution in [1.29, 1.82) is 0 Å². The van der Waals surface area contributed by atoms with E-state index in [1.54, 1.807) is 31.4 Å². The minimum Gasteiger partial charge on any atom is -0.497 e. The Labute approximate surface area is 87.8 Å². The van der Waals surface area contributed by atoms with Gasteiger partial charge in [-0.05, 0) is 17.7 Å². The molecule has 1 unspecified atom stereocenters. The zero-order valence-corrected chi connectivity index (χ0v) is 8.62. The molecule has 0 heterocycles. The van der Waals surface area contributed by atoms with Crippen LogP contribution in [0.1, 0.15) is 10.8 Å². The van der Waals surface area contributed by atoms with E-state index in [1.165, 1.54) is 0 Å². The number of amides is 1. The second kappa shape index (κ2) is 4.88. The Kier molecular flexibility index (Phi) is 3.79. The molecule has 1 rings (SSSR count). The normalized spacial score (nSPS) is 11.9. The molecule has 1 aromatic carbocycles. The molecule has 4 nitrogen and oxygen atoms in total. The van der Waals surface area contributed by atoms with Crippen LogP contribution in [0.15, 0.2) is 24.3 Å². The summed E-state index contributed by atoms with van der Waals surface area (Å²) in [4.78, 5) is 11.1. The van der Waals surface area contributed by atoms with Crippen molar-refractivity contribution in [3.63, 3.8) is 0 Å². The van der Waals surface area contributed by atoms with Crippen molar-refractivity contribution in [2.24, 2.45) is 5.84 Å². The Balaban J connectivity index is 2.81. The van der Waals surface area contributed by atoms with Crippen LogP contribution in [-0.4, -0.2) is 13.0 Å². The Morgan fingerprint density at radius 3 is 2.50 bits per heavy atom. The Bertz CT molecular complexity index is 313. The second-order valence-electron chi connectivity index (χ2n) is 2.68. The highest BCUT2D eigenvalue weighted by molar-refractivity contribution is 7.81. The molecule has 0 aliphatic rings. The highest BCUT2D eigenvalue weighted by Crippen LogP contribution is 2.22. The summed E-state index contributed by atoms with van der Waals surface area (Å²) in [5.74, 6) is 5.40. The van der Waals surface area contributed by atoms with E-state index in [9.17, 15) is 4.79 Å². The van der Waals surface area contributed by atoms with E-state index >= 15 is 0 Å². The summed E-state index contributed by atoms with van der Waals surface area (Å²) in [7, 11) is 1.58. The number of ether oxygens (including phenoxy) is 1. The smallest absolute Gasteiger partial charge is 0.251 e. The molecule has 0 aromatic heterocycles. The first-order valence-electron chi connectivity index (χ1n) is 4.01. The van der Waals surface area contributed by atoms with Gasteiger partial charge >= 0.3 is 0 Å². The summed E-state index contributed by atoms with van der Waals surface area (Å²) in [6.07, 6.45) is 0. The van der Waals surface area contributed by atoms with Gasteiger partial charge in [-0.15, -0.1) is 0 Å². The van der Waals surface area contributed by atoms with E-state index in [2.05, 4.69) is 12.6 Å². The lowest BCUT2D eigenvalue weighted by atomic mass is 10.1. The van der Waals surface area contributed by atoms with Crippen molar-refractivity contribution in [2.75, 3.05) is 7.11 Å². The van der Waals surface area contributed by atoms with Crippen molar-refractivity contribution < 1.29 is 9.53 Å². The van der Waals surface area contributed by atoms with Crippen molar-refractivity contribution in [1.82, 2.24) is 5.43 Å². The molecule has 1 atom stereocenters. The van der Waals surface area contributed by atoms with Gasteiger partial charge in [0.1, 0.15) is 11.0 Å². The highest BCUT2D eigenvalue weighted by Gasteiger charge is 2.14. The van der Waals surface area contributed by atoms with Crippen molar-refractivity contribution in [3.05, 3.63) is 29.8 Å². The van der Waals surface area contributed by atoms with Gasteiger partial charge in [-0.2, -0.15) is 12.6 Å². The maximum absolute atomic E-state index is 11.1. The van der Waals surface area contributed by atoms with Crippen LogP contribution in [0.25, 0.3) is 0 Å². The number of methoxy groups -OCH3 is 1. The van der Waals surface area contributed by atoms with Crippen LogP contribution in [0.5, 0.6) is 5.75 Å². The summed E-state index contributed by atoms with van der Waals surface area (Å²) >= 11 is 4.13. The molecule has 1 amide bonds. The molecule has 0 saturated heterocycles. The summed E-state index contributed by atoms with van der Waals surface area (Å²) < 4.78 is 4.99. The highest BCUT2D eigenvalue weighted by atomic mass is 32.1. The fraction of sp³-hybridized carbons (Fsp3) is 0.222. The van der Waals surface area contributed by atoms with E-state index in [0.717, 1.165) is 11.3 Å². The SMILES string of the molecule is COc1ccc(C(S)C(=O)NN)cc1. The van der Waals surface area contributed by atoms with Gasteiger partial charge in [0.2, 0.25) is 0 Å². The van der Waals surface area contributed by atoms with Gasteiger partial charge in [0.25, 0.3) is 5.91 Å². The molecule has 3 N–H and O–H groups in total. The standard InChI is InChI=1S/C9H12N2O2S/c1-13-7-4-2-6(3-5-7)8(14)9(12)11-10/h2-5,8,14H,10H2,1H3,(H,11,12). The first-order chi connectivity index (χ1) is 6.69. The van der Waals surface area contributed by atoms with Gasteiger partial charge in [0, 0.05) is 0 Å². The fourth-order valence-corrected chi connectivity index (χ4v) is 1.26. The lowest BCUT2D eigenvalue weighted by Gasteiger charge is -2.09. The van der Waals surface area contributed by atoms with Crippen LogP contribution < -0.4 is 16.0 Å². The maximum Gasteiger partial charge on any atom is 0.251 e. The number of hydrogen-bond acceptors (Lipinski definition) is 4. The third-order valence-corrected chi connectivity index (χ3v) is 2.35. The van der Waals surface area contributed by atoms with Crippen LogP contribution >= 0.6 is 12.6 Å². The van der Waals surface area contributed by atoms with Crippen molar-refractivity contribution in [3.8, 4) is 5.75 Å². The lowest BCUT2D eigenvalue weighted by molar-refractivity contribution is -0.120. The quantitative estimate of drug-likeness (QED) is 0.298. The molecule has 0 spiro atoms. The number of thiol groups is 1. The van der Waals surface area contributed by atoms with Gasteiger partial charge < -0.3 is 4.74 Å². The lowest BCUT2D eigenvalue weighted by Crippen LogP contribution is -2.32. The number of carbonyl (C=O) groups excluding carboxylic acids is 1. The third-order valence-electron chi connectivity index (χ3n) is 1.82. The third kappa shape index (κ3) is 2.40. The van der Waals surface area contributed by atoms with E-state index in [1.807, 2.05) is 5.43 Å². The summed E-state index contributed by atoms with van der Waals surface area (Å²) in [6.45, 7) is 0. The second-order valence-corrected chi connectivity index (χ2v) is 3.20.